The minimum Gasteiger partial charge on any atom is -0.341 e. The number of fused-ring (bicyclic) bond motifs is 3. The van der Waals surface area contributed by atoms with Gasteiger partial charge in [-0.25, -0.2) is 0 Å². The summed E-state index contributed by atoms with van der Waals surface area (Å²) in [6.45, 7) is 2.85. The Morgan fingerprint density at radius 3 is 2.21 bits per heavy atom. The van der Waals surface area contributed by atoms with Crippen LogP contribution in [0.15, 0.2) is 53.9 Å². The van der Waals surface area contributed by atoms with Crippen LogP contribution in [0.2, 0.25) is 0 Å². The van der Waals surface area contributed by atoms with Crippen LogP contribution < -0.4 is 0 Å². The summed E-state index contributed by atoms with van der Waals surface area (Å²) < 4.78 is 2.18. The second-order valence-electron chi connectivity index (χ2n) is 8.98. The highest BCUT2D eigenvalue weighted by molar-refractivity contribution is 7.12. The fourth-order valence-corrected chi connectivity index (χ4v) is 5.87. The summed E-state index contributed by atoms with van der Waals surface area (Å²) >= 11 is 1.43. The highest BCUT2D eigenvalue weighted by atomic mass is 32.1. The number of Topliss-reactive ketones (excluding diaryl/α,β-unsaturated/α-hetero) is 2. The number of hydrogen-bond acceptors (Lipinski definition) is 4. The Kier molecular flexibility index (Phi) is 5.98. The molecule has 5 rings (SSSR count). The van der Waals surface area contributed by atoms with Gasteiger partial charge in [-0.2, -0.15) is 0 Å². The van der Waals surface area contributed by atoms with Crippen molar-refractivity contribution >= 4 is 50.5 Å². The molecule has 0 aliphatic heterocycles. The molecule has 5 heteroatoms. The summed E-state index contributed by atoms with van der Waals surface area (Å²) in [5, 5.41) is 3.74. The molecular formula is C28H27NO3S. The number of thiophene rings is 1. The van der Waals surface area contributed by atoms with Crippen LogP contribution in [-0.4, -0.2) is 21.9 Å². The topological polar surface area (TPSA) is 56.1 Å². The number of aromatic nitrogens is 1. The lowest BCUT2D eigenvalue weighted by molar-refractivity contribution is -0.116. The Bertz CT molecular complexity index is 1360. The molecule has 1 fully saturated rings. The van der Waals surface area contributed by atoms with Gasteiger partial charge in [-0.15, -0.1) is 11.3 Å². The largest absolute Gasteiger partial charge is 0.341 e. The van der Waals surface area contributed by atoms with Crippen molar-refractivity contribution in [3.8, 4) is 0 Å². The Morgan fingerprint density at radius 1 is 0.909 bits per heavy atom. The van der Waals surface area contributed by atoms with E-state index in [0.717, 1.165) is 54.0 Å². The Labute approximate surface area is 197 Å². The molecule has 4 nitrogen and oxygen atoms in total. The summed E-state index contributed by atoms with van der Waals surface area (Å²) in [7, 11) is 0. The van der Waals surface area contributed by atoms with Crippen LogP contribution in [0.4, 0.5) is 0 Å². The van der Waals surface area contributed by atoms with E-state index in [0.29, 0.717) is 28.3 Å². The summed E-state index contributed by atoms with van der Waals surface area (Å²) in [5.74, 6) is -0.342. The molecule has 0 radical (unpaired) electrons. The third-order valence-electron chi connectivity index (χ3n) is 6.90. The van der Waals surface area contributed by atoms with Crippen LogP contribution >= 0.6 is 11.3 Å². The second kappa shape index (κ2) is 9.06. The van der Waals surface area contributed by atoms with Gasteiger partial charge in [0.15, 0.2) is 0 Å². The molecule has 0 bridgehead atoms. The predicted octanol–water partition coefficient (Wildman–Crippen LogP) is 6.83. The van der Waals surface area contributed by atoms with Gasteiger partial charge in [0.1, 0.15) is 0 Å². The van der Waals surface area contributed by atoms with Gasteiger partial charge in [-0.05, 0) is 60.7 Å². The van der Waals surface area contributed by atoms with Crippen molar-refractivity contribution in [1.82, 2.24) is 4.57 Å². The third-order valence-corrected chi connectivity index (χ3v) is 7.77. The van der Waals surface area contributed by atoms with Crippen LogP contribution in [0.1, 0.15) is 71.0 Å². The summed E-state index contributed by atoms with van der Waals surface area (Å²) in [6, 6.07) is 15.0. The number of nitrogens with zero attached hydrogens (tertiary/aromatic N) is 1. The van der Waals surface area contributed by atoms with Crippen LogP contribution in [0.3, 0.4) is 0 Å². The molecule has 33 heavy (non-hydrogen) atoms. The third kappa shape index (κ3) is 4.06. The number of carbonyl (C=O) groups is 3. The van der Waals surface area contributed by atoms with Crippen molar-refractivity contribution in [3.63, 3.8) is 0 Å². The Hall–Kier alpha value is -3.05. The quantitative estimate of drug-likeness (QED) is 0.226. The van der Waals surface area contributed by atoms with Gasteiger partial charge >= 0.3 is 0 Å². The maximum absolute atomic E-state index is 13.0. The summed E-state index contributed by atoms with van der Waals surface area (Å²) in [5.41, 5.74) is 3.09. The van der Waals surface area contributed by atoms with Gasteiger partial charge in [0.05, 0.1) is 4.88 Å². The fourth-order valence-electron chi connectivity index (χ4n) is 5.18. The molecule has 0 spiro atoms. The number of rotatable bonds is 7. The van der Waals surface area contributed by atoms with E-state index in [4.69, 9.17) is 0 Å². The first kappa shape index (κ1) is 21.8. The van der Waals surface area contributed by atoms with Crippen LogP contribution in [-0.2, 0) is 11.3 Å². The SMILES string of the molecule is CCn1c2ccc(C(=O)C(=O)CC3CCCCC3)cc2c2cc(C(=O)c3cccs3)ccc21. The van der Waals surface area contributed by atoms with E-state index in [-0.39, 0.29) is 11.6 Å². The molecule has 1 aliphatic carbocycles. The van der Waals surface area contributed by atoms with Gasteiger partial charge in [-0.1, -0.05) is 38.2 Å². The number of ketones is 3. The molecule has 2 aromatic carbocycles. The normalized spacial score (nSPS) is 14.7. The maximum atomic E-state index is 13.0. The minimum absolute atomic E-state index is 0.000751. The first-order valence-electron chi connectivity index (χ1n) is 11.8. The minimum atomic E-state index is -0.398. The van der Waals surface area contributed by atoms with E-state index in [2.05, 4.69) is 11.5 Å². The Morgan fingerprint density at radius 2 is 1.58 bits per heavy atom. The van der Waals surface area contributed by atoms with Crippen molar-refractivity contribution in [2.45, 2.75) is 52.0 Å². The molecular weight excluding hydrogens is 430 g/mol. The van der Waals surface area contributed by atoms with Gasteiger partial charge in [-0.3, -0.25) is 14.4 Å². The van der Waals surface area contributed by atoms with Crippen molar-refractivity contribution in [1.29, 1.82) is 0 Å². The smallest absolute Gasteiger partial charge is 0.228 e. The standard InChI is InChI=1S/C28H27NO3S/c1-2-29-23-12-10-19(27(31)25(30)15-18-7-4-3-5-8-18)16-21(23)22-17-20(11-13-24(22)29)28(32)26-9-6-14-33-26/h6,9-14,16-18H,2-5,7-8,15H2,1H3. The first-order valence-corrected chi connectivity index (χ1v) is 12.7. The average Bonchev–Trinajstić information content (AvgIpc) is 3.49. The highest BCUT2D eigenvalue weighted by Gasteiger charge is 2.24. The molecule has 168 valence electrons. The first-order chi connectivity index (χ1) is 16.1. The molecule has 0 unspecified atom stereocenters. The molecule has 2 heterocycles. The van der Waals surface area contributed by atoms with Gasteiger partial charge in [0.2, 0.25) is 17.3 Å². The van der Waals surface area contributed by atoms with Crippen LogP contribution in [0, 0.1) is 5.92 Å². The van der Waals surface area contributed by atoms with Crippen molar-refractivity contribution < 1.29 is 14.4 Å². The summed E-state index contributed by atoms with van der Waals surface area (Å²) in [4.78, 5) is 39.4. The van der Waals surface area contributed by atoms with E-state index in [9.17, 15) is 14.4 Å². The molecule has 0 N–H and O–H groups in total. The lowest BCUT2D eigenvalue weighted by atomic mass is 9.84. The molecule has 4 aromatic rings. The van der Waals surface area contributed by atoms with E-state index >= 15 is 0 Å². The van der Waals surface area contributed by atoms with E-state index in [1.807, 2.05) is 47.8 Å². The second-order valence-corrected chi connectivity index (χ2v) is 9.92. The zero-order valence-electron chi connectivity index (χ0n) is 18.8. The molecule has 0 saturated heterocycles. The highest BCUT2D eigenvalue weighted by Crippen LogP contribution is 2.32. The molecule has 1 saturated carbocycles. The number of carbonyl (C=O) groups excluding carboxylic acids is 3. The molecule has 1 aliphatic rings. The average molecular weight is 458 g/mol. The van der Waals surface area contributed by atoms with E-state index in [1.54, 1.807) is 6.07 Å². The van der Waals surface area contributed by atoms with E-state index < -0.39 is 5.78 Å². The number of benzene rings is 2. The predicted molar refractivity (Wildman–Crippen MR) is 133 cm³/mol. The van der Waals surface area contributed by atoms with Crippen LogP contribution in [0.25, 0.3) is 21.8 Å². The number of aryl methyl sites for hydroxylation is 1. The van der Waals surface area contributed by atoms with Gasteiger partial charge in [0, 0.05) is 45.9 Å². The molecule has 0 atom stereocenters. The number of hydrogen-bond donors (Lipinski definition) is 0. The molecule has 2 aromatic heterocycles. The van der Waals surface area contributed by atoms with Crippen molar-refractivity contribution in [3.05, 3.63) is 69.9 Å². The zero-order chi connectivity index (χ0) is 22.9. The van der Waals surface area contributed by atoms with E-state index in [1.165, 1.54) is 17.8 Å². The zero-order valence-corrected chi connectivity index (χ0v) is 19.6. The van der Waals surface area contributed by atoms with Gasteiger partial charge < -0.3 is 4.57 Å². The van der Waals surface area contributed by atoms with Crippen molar-refractivity contribution in [2.75, 3.05) is 0 Å². The van der Waals surface area contributed by atoms with Crippen molar-refractivity contribution in [2.24, 2.45) is 5.92 Å². The lowest BCUT2D eigenvalue weighted by Crippen LogP contribution is -2.19. The summed E-state index contributed by atoms with van der Waals surface area (Å²) in [6.07, 6.45) is 5.98. The molecule has 0 amide bonds. The maximum Gasteiger partial charge on any atom is 0.228 e. The monoisotopic (exact) mass is 457 g/mol. The lowest BCUT2D eigenvalue weighted by Gasteiger charge is -2.20. The van der Waals surface area contributed by atoms with Gasteiger partial charge in [0.25, 0.3) is 0 Å². The Balaban J connectivity index is 1.53. The fraction of sp³-hybridized carbons (Fsp3) is 0.321. The van der Waals surface area contributed by atoms with Crippen LogP contribution in [0.5, 0.6) is 0 Å².